The summed E-state index contributed by atoms with van der Waals surface area (Å²) in [7, 11) is 1.43. The molecular weight excluding hydrogens is 292 g/mol. The van der Waals surface area contributed by atoms with Crippen molar-refractivity contribution in [2.45, 2.75) is 13.0 Å². The quantitative estimate of drug-likeness (QED) is 0.683. The molecule has 1 amide bonds. The van der Waals surface area contributed by atoms with Crippen molar-refractivity contribution >= 4 is 33.2 Å². The van der Waals surface area contributed by atoms with Crippen molar-refractivity contribution in [2.75, 3.05) is 12.4 Å². The Morgan fingerprint density at radius 3 is 2.71 bits per heavy atom. The monoisotopic (exact) mass is 302 g/mol. The van der Waals surface area contributed by atoms with Crippen molar-refractivity contribution in [3.05, 3.63) is 32.8 Å². The largest absolute Gasteiger partial charge is 0.372 e. The maximum absolute atomic E-state index is 11.5. The van der Waals surface area contributed by atoms with E-state index in [1.54, 1.807) is 6.92 Å². The number of benzene rings is 1. The van der Waals surface area contributed by atoms with Crippen molar-refractivity contribution < 1.29 is 14.5 Å². The molecular formula is C10H11BrN2O4. The van der Waals surface area contributed by atoms with Gasteiger partial charge in [0.1, 0.15) is 6.10 Å². The molecule has 0 aliphatic carbocycles. The van der Waals surface area contributed by atoms with E-state index < -0.39 is 11.0 Å². The average molecular weight is 303 g/mol. The van der Waals surface area contributed by atoms with Crippen LogP contribution in [-0.4, -0.2) is 24.0 Å². The van der Waals surface area contributed by atoms with Gasteiger partial charge >= 0.3 is 0 Å². The van der Waals surface area contributed by atoms with Crippen LogP contribution in [0.1, 0.15) is 6.92 Å². The number of methoxy groups -OCH3 is 1. The molecule has 6 nitrogen and oxygen atoms in total. The van der Waals surface area contributed by atoms with Gasteiger partial charge in [0.15, 0.2) is 0 Å². The van der Waals surface area contributed by atoms with Crippen molar-refractivity contribution in [3.8, 4) is 0 Å². The first-order chi connectivity index (χ1) is 7.95. The Labute approximate surface area is 106 Å². The highest BCUT2D eigenvalue weighted by molar-refractivity contribution is 9.10. The molecule has 0 saturated carbocycles. The third-order valence-electron chi connectivity index (χ3n) is 2.13. The second-order valence-electron chi connectivity index (χ2n) is 3.29. The molecule has 7 heteroatoms. The third kappa shape index (κ3) is 3.50. The maximum atomic E-state index is 11.5. The lowest BCUT2D eigenvalue weighted by Crippen LogP contribution is -2.26. The van der Waals surface area contributed by atoms with Crippen LogP contribution in [0.15, 0.2) is 22.7 Å². The summed E-state index contributed by atoms with van der Waals surface area (Å²) in [6.45, 7) is 1.61. The highest BCUT2D eigenvalue weighted by atomic mass is 79.9. The van der Waals surface area contributed by atoms with Gasteiger partial charge in [-0.3, -0.25) is 14.9 Å². The van der Waals surface area contributed by atoms with Gasteiger partial charge in [-0.25, -0.2) is 0 Å². The second-order valence-corrected chi connectivity index (χ2v) is 4.14. The zero-order valence-corrected chi connectivity index (χ0v) is 10.9. The van der Waals surface area contributed by atoms with E-state index in [1.165, 1.54) is 25.3 Å². The minimum atomic E-state index is -0.580. The Bertz CT molecular complexity index is 450. The van der Waals surface area contributed by atoms with E-state index in [0.29, 0.717) is 10.2 Å². The molecule has 1 aromatic rings. The van der Waals surface area contributed by atoms with Crippen LogP contribution in [-0.2, 0) is 9.53 Å². The number of carbonyl (C=O) groups is 1. The number of hydrogen-bond donors (Lipinski definition) is 1. The van der Waals surface area contributed by atoms with E-state index >= 15 is 0 Å². The van der Waals surface area contributed by atoms with Gasteiger partial charge in [-0.1, -0.05) is 0 Å². The molecule has 0 radical (unpaired) electrons. The average Bonchev–Trinajstić information content (AvgIpc) is 2.27. The Morgan fingerprint density at radius 2 is 2.24 bits per heavy atom. The smallest absolute Gasteiger partial charge is 0.283 e. The summed E-state index contributed by atoms with van der Waals surface area (Å²) in [5.41, 5.74) is 0.416. The van der Waals surface area contributed by atoms with Crippen LogP contribution in [0, 0.1) is 10.1 Å². The summed E-state index contributed by atoms with van der Waals surface area (Å²) in [4.78, 5) is 21.6. The summed E-state index contributed by atoms with van der Waals surface area (Å²) in [6.07, 6.45) is -0.580. The van der Waals surface area contributed by atoms with Crippen LogP contribution in [0.2, 0.25) is 0 Å². The van der Waals surface area contributed by atoms with Crippen molar-refractivity contribution in [1.82, 2.24) is 0 Å². The highest BCUT2D eigenvalue weighted by Crippen LogP contribution is 2.27. The van der Waals surface area contributed by atoms with Gasteiger partial charge in [0.05, 0.1) is 9.40 Å². The van der Waals surface area contributed by atoms with E-state index in [9.17, 15) is 14.9 Å². The fourth-order valence-corrected chi connectivity index (χ4v) is 1.61. The van der Waals surface area contributed by atoms with Crippen LogP contribution in [0.5, 0.6) is 0 Å². The number of hydrogen-bond acceptors (Lipinski definition) is 4. The summed E-state index contributed by atoms with van der Waals surface area (Å²) in [5.74, 6) is -0.312. The van der Waals surface area contributed by atoms with Crippen LogP contribution in [0.4, 0.5) is 11.4 Å². The van der Waals surface area contributed by atoms with Crippen LogP contribution in [0.3, 0.4) is 0 Å². The number of halogens is 1. The molecule has 0 saturated heterocycles. The first kappa shape index (κ1) is 13.6. The standard InChI is InChI=1S/C10H11BrN2O4/c1-6(17-2)10(14)12-7-3-4-9(13(15)16)8(11)5-7/h3-6H,1-2H3,(H,12,14)/t6-/m1/s1. The Hall–Kier alpha value is -1.47. The Morgan fingerprint density at radius 1 is 1.59 bits per heavy atom. The fraction of sp³-hybridized carbons (Fsp3) is 0.300. The SMILES string of the molecule is CO[C@H](C)C(=O)Nc1ccc([N+](=O)[O-])c(Br)c1. The Kier molecular flexibility index (Phi) is 4.59. The summed E-state index contributed by atoms with van der Waals surface area (Å²) >= 11 is 3.07. The lowest BCUT2D eigenvalue weighted by Gasteiger charge is -2.10. The highest BCUT2D eigenvalue weighted by Gasteiger charge is 2.15. The zero-order valence-electron chi connectivity index (χ0n) is 9.27. The number of carbonyl (C=O) groups excluding carboxylic acids is 1. The minimum Gasteiger partial charge on any atom is -0.372 e. The number of nitrogens with one attached hydrogen (secondary N) is 1. The van der Waals surface area contributed by atoms with Crippen molar-refractivity contribution in [3.63, 3.8) is 0 Å². The lowest BCUT2D eigenvalue weighted by atomic mass is 10.2. The third-order valence-corrected chi connectivity index (χ3v) is 2.77. The molecule has 0 spiro atoms. The van der Waals surface area contributed by atoms with E-state index in [4.69, 9.17) is 4.74 Å². The number of ether oxygens (including phenoxy) is 1. The number of nitro groups is 1. The van der Waals surface area contributed by atoms with E-state index in [1.807, 2.05) is 0 Å². The molecule has 0 aliphatic heterocycles. The van der Waals surface area contributed by atoms with Gasteiger partial charge < -0.3 is 10.1 Å². The molecule has 0 bridgehead atoms. The predicted octanol–water partition coefficient (Wildman–Crippen LogP) is 2.33. The molecule has 17 heavy (non-hydrogen) atoms. The van der Waals surface area contributed by atoms with E-state index in [0.717, 1.165) is 0 Å². The number of amides is 1. The topological polar surface area (TPSA) is 81.5 Å². The summed E-state index contributed by atoms with van der Waals surface area (Å²) < 4.78 is 5.15. The molecule has 0 aromatic heterocycles. The number of nitro benzene ring substituents is 1. The first-order valence-electron chi connectivity index (χ1n) is 4.73. The predicted molar refractivity (Wildman–Crippen MR) is 65.9 cm³/mol. The zero-order chi connectivity index (χ0) is 13.0. The maximum Gasteiger partial charge on any atom is 0.283 e. The minimum absolute atomic E-state index is 0.0530. The molecule has 0 fully saturated rings. The first-order valence-corrected chi connectivity index (χ1v) is 5.52. The van der Waals surface area contributed by atoms with Gasteiger partial charge in [-0.2, -0.15) is 0 Å². The number of rotatable bonds is 4. The van der Waals surface area contributed by atoms with Gasteiger partial charge in [0.25, 0.3) is 11.6 Å². The van der Waals surface area contributed by atoms with Gasteiger partial charge in [-0.05, 0) is 35.0 Å². The van der Waals surface area contributed by atoms with Crippen LogP contribution in [0.25, 0.3) is 0 Å². The van der Waals surface area contributed by atoms with Gasteiger partial charge in [-0.15, -0.1) is 0 Å². The second kappa shape index (κ2) is 5.74. The summed E-state index contributed by atoms with van der Waals surface area (Å²) in [5, 5.41) is 13.2. The molecule has 0 unspecified atom stereocenters. The van der Waals surface area contributed by atoms with E-state index in [-0.39, 0.29) is 11.6 Å². The summed E-state index contributed by atoms with van der Waals surface area (Å²) in [6, 6.07) is 4.25. The molecule has 1 aromatic carbocycles. The molecule has 1 atom stereocenters. The van der Waals surface area contributed by atoms with Crippen molar-refractivity contribution in [1.29, 1.82) is 0 Å². The number of anilines is 1. The molecule has 0 heterocycles. The molecule has 1 rings (SSSR count). The fourth-order valence-electron chi connectivity index (χ4n) is 1.08. The normalized spacial score (nSPS) is 11.9. The molecule has 92 valence electrons. The van der Waals surface area contributed by atoms with Gasteiger partial charge in [0.2, 0.25) is 0 Å². The number of nitrogens with zero attached hydrogens (tertiary/aromatic N) is 1. The van der Waals surface area contributed by atoms with Crippen LogP contribution >= 0.6 is 15.9 Å². The lowest BCUT2D eigenvalue weighted by molar-refractivity contribution is -0.385. The van der Waals surface area contributed by atoms with E-state index in [2.05, 4.69) is 21.2 Å². The van der Waals surface area contributed by atoms with Crippen LogP contribution < -0.4 is 5.32 Å². The molecule has 1 N–H and O–H groups in total. The molecule has 0 aliphatic rings. The van der Waals surface area contributed by atoms with Crippen molar-refractivity contribution in [2.24, 2.45) is 0 Å². The van der Waals surface area contributed by atoms with Gasteiger partial charge in [0, 0.05) is 18.9 Å². The Balaban J connectivity index is 2.84.